The van der Waals surface area contributed by atoms with Gasteiger partial charge >= 0.3 is 5.97 Å². The standard InChI is InChI=1S/C6H14NO2PS/c1-4(3-11)6(2,7-10)5(8)9/h4,7,11H,3,10H2,1-2H3,(H,8,9). The first-order valence-corrected chi connectivity index (χ1v) is 4.52. The second-order valence-electron chi connectivity index (χ2n) is 2.74. The zero-order valence-electron chi connectivity index (χ0n) is 6.66. The normalized spacial score (nSPS) is 18.9. The monoisotopic (exact) mass is 195 g/mol. The van der Waals surface area contributed by atoms with E-state index in [4.69, 9.17) is 5.11 Å². The van der Waals surface area contributed by atoms with Crippen LogP contribution in [0.25, 0.3) is 0 Å². The first-order valence-electron chi connectivity index (χ1n) is 3.31. The van der Waals surface area contributed by atoms with Crippen molar-refractivity contribution in [3.63, 3.8) is 0 Å². The van der Waals surface area contributed by atoms with Gasteiger partial charge in [0.15, 0.2) is 0 Å². The van der Waals surface area contributed by atoms with Crippen LogP contribution >= 0.6 is 22.0 Å². The molecule has 5 heteroatoms. The Morgan fingerprint density at radius 1 is 1.91 bits per heavy atom. The van der Waals surface area contributed by atoms with Crippen LogP contribution in [-0.4, -0.2) is 22.4 Å². The fourth-order valence-corrected chi connectivity index (χ4v) is 1.37. The molecule has 0 rings (SSSR count). The van der Waals surface area contributed by atoms with Crippen molar-refractivity contribution in [3.8, 4) is 0 Å². The van der Waals surface area contributed by atoms with E-state index in [1.54, 1.807) is 6.92 Å². The van der Waals surface area contributed by atoms with Crippen LogP contribution < -0.4 is 5.09 Å². The quantitative estimate of drug-likeness (QED) is 0.459. The topological polar surface area (TPSA) is 49.3 Å². The van der Waals surface area contributed by atoms with Gasteiger partial charge in [-0.15, -0.1) is 0 Å². The summed E-state index contributed by atoms with van der Waals surface area (Å²) in [5.41, 5.74) is -0.896. The molecule has 0 amide bonds. The van der Waals surface area contributed by atoms with E-state index in [-0.39, 0.29) is 5.92 Å². The van der Waals surface area contributed by atoms with E-state index < -0.39 is 11.5 Å². The summed E-state index contributed by atoms with van der Waals surface area (Å²) >= 11 is 4.04. The lowest BCUT2D eigenvalue weighted by Crippen LogP contribution is -2.50. The lowest BCUT2D eigenvalue weighted by atomic mass is 9.90. The number of nitrogens with one attached hydrogen (secondary N) is 1. The minimum atomic E-state index is -0.896. The Balaban J connectivity index is 4.45. The van der Waals surface area contributed by atoms with Crippen LogP contribution in [0.2, 0.25) is 0 Å². The molecule has 3 nitrogen and oxygen atoms in total. The van der Waals surface area contributed by atoms with Gasteiger partial charge < -0.3 is 5.11 Å². The number of carboxylic acid groups (broad SMARTS) is 1. The summed E-state index contributed by atoms with van der Waals surface area (Å²) in [6.07, 6.45) is 0. The van der Waals surface area contributed by atoms with Gasteiger partial charge in [0.25, 0.3) is 0 Å². The molecule has 0 spiro atoms. The molecule has 0 radical (unpaired) electrons. The third-order valence-electron chi connectivity index (χ3n) is 2.00. The molecule has 0 aromatic heterocycles. The molecule has 0 saturated carbocycles. The van der Waals surface area contributed by atoms with E-state index in [1.165, 1.54) is 0 Å². The molecule has 0 aromatic rings. The first kappa shape index (κ1) is 11.2. The lowest BCUT2D eigenvalue weighted by Gasteiger charge is -2.29. The maximum Gasteiger partial charge on any atom is 0.324 e. The van der Waals surface area contributed by atoms with E-state index in [1.807, 2.05) is 6.92 Å². The van der Waals surface area contributed by atoms with Gasteiger partial charge in [-0.3, -0.25) is 9.88 Å². The molecule has 0 saturated heterocycles. The smallest absolute Gasteiger partial charge is 0.324 e. The van der Waals surface area contributed by atoms with Crippen molar-refractivity contribution in [2.45, 2.75) is 19.4 Å². The minimum absolute atomic E-state index is 0.0131. The van der Waals surface area contributed by atoms with Crippen molar-refractivity contribution >= 4 is 28.0 Å². The number of carboxylic acids is 1. The van der Waals surface area contributed by atoms with Crippen LogP contribution in [0.1, 0.15) is 13.8 Å². The maximum atomic E-state index is 10.7. The van der Waals surface area contributed by atoms with Gasteiger partial charge in [0.2, 0.25) is 0 Å². The summed E-state index contributed by atoms with van der Waals surface area (Å²) in [5.74, 6) is -0.320. The fraction of sp³-hybridized carbons (Fsp3) is 0.833. The molecule has 0 bridgehead atoms. The molecular weight excluding hydrogens is 181 g/mol. The fourth-order valence-electron chi connectivity index (χ4n) is 0.597. The number of thiol groups is 1. The van der Waals surface area contributed by atoms with E-state index in [9.17, 15) is 4.79 Å². The molecule has 0 aliphatic rings. The van der Waals surface area contributed by atoms with E-state index >= 15 is 0 Å². The zero-order chi connectivity index (χ0) is 9.07. The summed E-state index contributed by atoms with van der Waals surface area (Å²) in [7, 11) is 2.23. The van der Waals surface area contributed by atoms with E-state index in [0.717, 1.165) is 0 Å². The van der Waals surface area contributed by atoms with Gasteiger partial charge in [0.1, 0.15) is 5.54 Å². The Labute approximate surface area is 74.6 Å². The maximum absolute atomic E-state index is 10.7. The predicted molar refractivity (Wildman–Crippen MR) is 51.9 cm³/mol. The molecule has 0 aliphatic carbocycles. The van der Waals surface area contributed by atoms with Crippen LogP contribution in [0.5, 0.6) is 0 Å². The summed E-state index contributed by atoms with van der Waals surface area (Å²) in [5, 5.41) is 11.5. The largest absolute Gasteiger partial charge is 0.480 e. The summed E-state index contributed by atoms with van der Waals surface area (Å²) in [6, 6.07) is 0. The highest BCUT2D eigenvalue weighted by molar-refractivity contribution is 7.80. The van der Waals surface area contributed by atoms with Crippen molar-refractivity contribution < 1.29 is 9.90 Å². The lowest BCUT2D eigenvalue weighted by molar-refractivity contribution is -0.144. The van der Waals surface area contributed by atoms with Gasteiger partial charge in [-0.1, -0.05) is 16.3 Å². The minimum Gasteiger partial charge on any atom is -0.480 e. The summed E-state index contributed by atoms with van der Waals surface area (Å²) < 4.78 is 0. The Hall–Kier alpha value is 0.210. The second kappa shape index (κ2) is 4.29. The van der Waals surface area contributed by atoms with Crippen molar-refractivity contribution in [2.24, 2.45) is 5.92 Å². The number of hydrogen-bond acceptors (Lipinski definition) is 3. The number of aliphatic carboxylic acids is 1. The molecule has 3 atom stereocenters. The molecule has 3 unspecified atom stereocenters. The molecule has 0 fully saturated rings. The second-order valence-corrected chi connectivity index (χ2v) is 3.39. The Bertz CT molecular complexity index is 156. The van der Waals surface area contributed by atoms with Crippen LogP contribution in [0.15, 0.2) is 0 Å². The molecule has 11 heavy (non-hydrogen) atoms. The van der Waals surface area contributed by atoms with Crippen molar-refractivity contribution in [2.75, 3.05) is 5.75 Å². The third-order valence-corrected chi connectivity index (χ3v) is 3.15. The Kier molecular flexibility index (Phi) is 4.37. The summed E-state index contributed by atoms with van der Waals surface area (Å²) in [6.45, 7) is 3.49. The van der Waals surface area contributed by atoms with Gasteiger partial charge in [-0.2, -0.15) is 12.6 Å². The molecule has 0 aromatic carbocycles. The number of hydrogen-bond donors (Lipinski definition) is 3. The first-order chi connectivity index (χ1) is 4.99. The Morgan fingerprint density at radius 2 is 2.36 bits per heavy atom. The average molecular weight is 195 g/mol. The van der Waals surface area contributed by atoms with Gasteiger partial charge in [-0.25, -0.2) is 0 Å². The van der Waals surface area contributed by atoms with Crippen molar-refractivity contribution in [1.29, 1.82) is 0 Å². The van der Waals surface area contributed by atoms with E-state index in [2.05, 4.69) is 27.1 Å². The van der Waals surface area contributed by atoms with Gasteiger partial charge in [-0.05, 0) is 18.6 Å². The Morgan fingerprint density at radius 3 is 2.45 bits per heavy atom. The molecule has 66 valence electrons. The molecule has 0 heterocycles. The highest BCUT2D eigenvalue weighted by Crippen LogP contribution is 2.19. The van der Waals surface area contributed by atoms with Crippen LogP contribution in [-0.2, 0) is 4.79 Å². The zero-order valence-corrected chi connectivity index (χ0v) is 8.71. The van der Waals surface area contributed by atoms with Gasteiger partial charge in [0.05, 0.1) is 0 Å². The summed E-state index contributed by atoms with van der Waals surface area (Å²) in [4.78, 5) is 10.7. The van der Waals surface area contributed by atoms with Crippen LogP contribution in [0.4, 0.5) is 0 Å². The highest BCUT2D eigenvalue weighted by atomic mass is 32.1. The van der Waals surface area contributed by atoms with Gasteiger partial charge in [0, 0.05) is 0 Å². The van der Waals surface area contributed by atoms with Crippen molar-refractivity contribution in [1.82, 2.24) is 5.09 Å². The van der Waals surface area contributed by atoms with Crippen molar-refractivity contribution in [3.05, 3.63) is 0 Å². The average Bonchev–Trinajstić information content (AvgIpc) is 2.01. The number of carbonyl (C=O) groups is 1. The number of rotatable bonds is 4. The van der Waals surface area contributed by atoms with Crippen LogP contribution in [0, 0.1) is 5.92 Å². The molecule has 0 aliphatic heterocycles. The predicted octanol–water partition coefficient (Wildman–Crippen LogP) is 0.775. The van der Waals surface area contributed by atoms with E-state index in [0.29, 0.717) is 5.75 Å². The highest BCUT2D eigenvalue weighted by Gasteiger charge is 2.36. The SMILES string of the molecule is CC(CS)C(C)(NP)C(=O)O. The third kappa shape index (κ3) is 2.32. The molecular formula is C6H14NO2PS. The van der Waals surface area contributed by atoms with Crippen LogP contribution in [0.3, 0.4) is 0 Å². The molecule has 2 N–H and O–H groups in total.